The first-order valence-corrected chi connectivity index (χ1v) is 7.44. The Labute approximate surface area is 111 Å². The Morgan fingerprint density at radius 2 is 2.11 bits per heavy atom. The van der Waals surface area contributed by atoms with Crippen LogP contribution in [0, 0.1) is 12.8 Å². The smallest absolute Gasteiger partial charge is 0.0597 e. The molecule has 1 aromatic rings. The Kier molecular flexibility index (Phi) is 4.81. The van der Waals surface area contributed by atoms with Crippen LogP contribution in [0.2, 0.25) is 0 Å². The zero-order chi connectivity index (χ0) is 13.0. The topological polar surface area (TPSA) is 29.9 Å². The van der Waals surface area contributed by atoms with Crippen molar-refractivity contribution in [2.24, 2.45) is 13.0 Å². The summed E-state index contributed by atoms with van der Waals surface area (Å²) >= 11 is 0. The molecule has 18 heavy (non-hydrogen) atoms. The molecule has 1 aromatic heterocycles. The molecule has 1 aliphatic carbocycles. The average molecular weight is 249 g/mol. The largest absolute Gasteiger partial charge is 0.309 e. The highest BCUT2D eigenvalue weighted by Gasteiger charge is 2.21. The Hall–Kier alpha value is -0.830. The first-order chi connectivity index (χ1) is 8.70. The average Bonchev–Trinajstić information content (AvgIpc) is 2.69. The predicted octanol–water partition coefficient (Wildman–Crippen LogP) is 3.35. The quantitative estimate of drug-likeness (QED) is 0.867. The van der Waals surface area contributed by atoms with E-state index in [2.05, 4.69) is 37.4 Å². The van der Waals surface area contributed by atoms with E-state index < -0.39 is 0 Å². The third kappa shape index (κ3) is 3.35. The molecule has 0 saturated heterocycles. The zero-order valence-electron chi connectivity index (χ0n) is 12.1. The van der Waals surface area contributed by atoms with Crippen molar-refractivity contribution in [2.45, 2.75) is 58.4 Å². The molecule has 0 bridgehead atoms. The molecule has 0 aromatic carbocycles. The summed E-state index contributed by atoms with van der Waals surface area (Å²) in [7, 11) is 2.06. The molecule has 0 spiro atoms. The van der Waals surface area contributed by atoms with Gasteiger partial charge in [-0.3, -0.25) is 4.68 Å². The number of hydrogen-bond acceptors (Lipinski definition) is 2. The van der Waals surface area contributed by atoms with Gasteiger partial charge in [0, 0.05) is 13.1 Å². The molecule has 1 N–H and O–H groups in total. The van der Waals surface area contributed by atoms with Gasteiger partial charge in [-0.25, -0.2) is 0 Å². The van der Waals surface area contributed by atoms with Gasteiger partial charge < -0.3 is 5.32 Å². The van der Waals surface area contributed by atoms with E-state index >= 15 is 0 Å². The summed E-state index contributed by atoms with van der Waals surface area (Å²) in [6.07, 6.45) is 8.39. The number of nitrogens with one attached hydrogen (secondary N) is 1. The predicted molar refractivity (Wildman–Crippen MR) is 75.6 cm³/mol. The third-order valence-corrected chi connectivity index (χ3v) is 4.14. The van der Waals surface area contributed by atoms with E-state index in [1.807, 2.05) is 4.68 Å². The fourth-order valence-electron chi connectivity index (χ4n) is 3.27. The minimum atomic E-state index is 0.476. The summed E-state index contributed by atoms with van der Waals surface area (Å²) in [4.78, 5) is 0. The number of aryl methyl sites for hydroxylation is 2. The maximum absolute atomic E-state index is 4.48. The zero-order valence-corrected chi connectivity index (χ0v) is 12.1. The van der Waals surface area contributed by atoms with Crippen molar-refractivity contribution < 1.29 is 0 Å². The lowest BCUT2D eigenvalue weighted by atomic mass is 9.84. The second-order valence-corrected chi connectivity index (χ2v) is 5.68. The van der Waals surface area contributed by atoms with Crippen LogP contribution in [0.25, 0.3) is 0 Å². The fraction of sp³-hybridized carbons (Fsp3) is 0.800. The summed E-state index contributed by atoms with van der Waals surface area (Å²) in [5.74, 6) is 0.901. The second kappa shape index (κ2) is 6.37. The Balaban J connectivity index is 2.04. The van der Waals surface area contributed by atoms with Gasteiger partial charge in [0.1, 0.15) is 0 Å². The first kappa shape index (κ1) is 13.6. The van der Waals surface area contributed by atoms with Crippen molar-refractivity contribution in [3.05, 3.63) is 17.5 Å². The van der Waals surface area contributed by atoms with Crippen LogP contribution in [0.5, 0.6) is 0 Å². The van der Waals surface area contributed by atoms with Crippen molar-refractivity contribution in [3.8, 4) is 0 Å². The number of hydrogen-bond donors (Lipinski definition) is 1. The molecule has 102 valence electrons. The highest BCUT2D eigenvalue weighted by Crippen LogP contribution is 2.31. The summed E-state index contributed by atoms with van der Waals surface area (Å²) in [5.41, 5.74) is 2.47. The minimum absolute atomic E-state index is 0.476. The molecule has 1 unspecified atom stereocenters. The fourth-order valence-corrected chi connectivity index (χ4v) is 3.27. The molecule has 1 atom stereocenters. The second-order valence-electron chi connectivity index (χ2n) is 5.68. The maximum atomic E-state index is 4.48. The van der Waals surface area contributed by atoms with E-state index in [1.165, 1.54) is 44.2 Å². The number of nitrogens with zero attached hydrogens (tertiary/aromatic N) is 2. The monoisotopic (exact) mass is 249 g/mol. The Morgan fingerprint density at radius 3 is 2.67 bits per heavy atom. The van der Waals surface area contributed by atoms with Crippen molar-refractivity contribution in [3.63, 3.8) is 0 Å². The third-order valence-electron chi connectivity index (χ3n) is 4.14. The molecular weight excluding hydrogens is 222 g/mol. The van der Waals surface area contributed by atoms with Crippen LogP contribution in [-0.4, -0.2) is 16.3 Å². The first-order valence-electron chi connectivity index (χ1n) is 7.44. The van der Waals surface area contributed by atoms with Crippen molar-refractivity contribution in [1.29, 1.82) is 0 Å². The van der Waals surface area contributed by atoms with E-state index in [1.54, 1.807) is 0 Å². The molecule has 1 fully saturated rings. The summed E-state index contributed by atoms with van der Waals surface area (Å²) in [6, 6.07) is 2.71. The molecule has 3 heteroatoms. The van der Waals surface area contributed by atoms with Gasteiger partial charge in [-0.15, -0.1) is 0 Å². The molecule has 2 rings (SSSR count). The van der Waals surface area contributed by atoms with Gasteiger partial charge in [-0.2, -0.15) is 5.10 Å². The summed E-state index contributed by atoms with van der Waals surface area (Å²) in [5, 5.41) is 8.12. The molecule has 0 radical (unpaired) electrons. The molecular formula is C15H27N3. The number of rotatable bonds is 5. The van der Waals surface area contributed by atoms with Crippen LogP contribution in [0.15, 0.2) is 6.07 Å². The van der Waals surface area contributed by atoms with Crippen LogP contribution in [0.3, 0.4) is 0 Å². The maximum Gasteiger partial charge on any atom is 0.0597 e. The van der Waals surface area contributed by atoms with Gasteiger partial charge in [0.05, 0.1) is 11.4 Å². The van der Waals surface area contributed by atoms with Gasteiger partial charge >= 0.3 is 0 Å². The lowest BCUT2D eigenvalue weighted by Crippen LogP contribution is -2.26. The molecule has 0 aliphatic heterocycles. The normalized spacial score (nSPS) is 19.1. The minimum Gasteiger partial charge on any atom is -0.309 e. The Morgan fingerprint density at radius 1 is 1.39 bits per heavy atom. The van der Waals surface area contributed by atoms with Crippen LogP contribution in [0.1, 0.15) is 62.9 Å². The lowest BCUT2D eigenvalue weighted by Gasteiger charge is -2.27. The highest BCUT2D eigenvalue weighted by atomic mass is 15.3. The molecule has 1 saturated carbocycles. The molecule has 3 nitrogen and oxygen atoms in total. The van der Waals surface area contributed by atoms with Crippen LogP contribution in [-0.2, 0) is 7.05 Å². The molecule has 1 heterocycles. The van der Waals surface area contributed by atoms with Crippen LogP contribution in [0.4, 0.5) is 0 Å². The summed E-state index contributed by atoms with van der Waals surface area (Å²) < 4.78 is 2.05. The Bertz CT molecular complexity index is 364. The van der Waals surface area contributed by atoms with Gasteiger partial charge in [-0.05, 0) is 31.9 Å². The van der Waals surface area contributed by atoms with Crippen molar-refractivity contribution in [2.75, 3.05) is 6.54 Å². The highest BCUT2D eigenvalue weighted by molar-refractivity contribution is 5.13. The number of aromatic nitrogens is 2. The van der Waals surface area contributed by atoms with Gasteiger partial charge in [0.25, 0.3) is 0 Å². The lowest BCUT2D eigenvalue weighted by molar-refractivity contribution is 0.296. The standard InChI is InChI=1S/C15H27N3/c1-4-16-14(11-13-8-6-5-7-9-13)15-10-12(2)17-18(15)3/h10,13-14,16H,4-9,11H2,1-3H3. The van der Waals surface area contributed by atoms with Gasteiger partial charge in [-0.1, -0.05) is 39.0 Å². The van der Waals surface area contributed by atoms with E-state index in [9.17, 15) is 0 Å². The van der Waals surface area contributed by atoms with E-state index in [4.69, 9.17) is 0 Å². The summed E-state index contributed by atoms with van der Waals surface area (Å²) in [6.45, 7) is 5.30. The van der Waals surface area contributed by atoms with Crippen LogP contribution < -0.4 is 5.32 Å². The van der Waals surface area contributed by atoms with Crippen molar-refractivity contribution in [1.82, 2.24) is 15.1 Å². The van der Waals surface area contributed by atoms with Crippen LogP contribution >= 0.6 is 0 Å². The van der Waals surface area contributed by atoms with E-state index in [0.29, 0.717) is 6.04 Å². The SMILES string of the molecule is CCNC(CC1CCCCC1)c1cc(C)nn1C. The van der Waals surface area contributed by atoms with E-state index in [0.717, 1.165) is 18.2 Å². The van der Waals surface area contributed by atoms with Gasteiger partial charge in [0.2, 0.25) is 0 Å². The van der Waals surface area contributed by atoms with E-state index in [-0.39, 0.29) is 0 Å². The van der Waals surface area contributed by atoms with Crippen molar-refractivity contribution >= 4 is 0 Å². The van der Waals surface area contributed by atoms with Gasteiger partial charge in [0.15, 0.2) is 0 Å². The molecule has 1 aliphatic rings. The molecule has 0 amide bonds.